The third-order valence-corrected chi connectivity index (χ3v) is 4.06. The van der Waals surface area contributed by atoms with Crippen LogP contribution in [0.5, 0.6) is 0 Å². The summed E-state index contributed by atoms with van der Waals surface area (Å²) in [6, 6.07) is 13.0. The van der Waals surface area contributed by atoms with Crippen LogP contribution in [-0.2, 0) is 12.8 Å². The number of hydrogen-bond donors (Lipinski definition) is 0. The molecule has 0 saturated heterocycles. The van der Waals surface area contributed by atoms with Gasteiger partial charge in [-0.3, -0.25) is 0 Å². The molecule has 0 aliphatic carbocycles. The third kappa shape index (κ3) is 6.66. The average molecular weight is 284 g/mol. The molecule has 0 bridgehead atoms. The van der Waals surface area contributed by atoms with Crippen LogP contribution in [0.4, 0.5) is 0 Å². The first-order valence-corrected chi connectivity index (χ1v) is 8.42. The first kappa shape index (κ1) is 15.9. The number of rotatable bonds is 10. The summed E-state index contributed by atoms with van der Waals surface area (Å²) in [5.41, 5.74) is 2.84. The molecule has 0 N–H and O–H groups in total. The van der Waals surface area contributed by atoms with Crippen LogP contribution in [0.15, 0.2) is 47.1 Å². The summed E-state index contributed by atoms with van der Waals surface area (Å²) in [5.74, 6) is 1.03. The van der Waals surface area contributed by atoms with E-state index in [4.69, 9.17) is 4.42 Å². The molecule has 1 heteroatoms. The van der Waals surface area contributed by atoms with E-state index >= 15 is 0 Å². The molecular weight excluding hydrogens is 256 g/mol. The third-order valence-electron chi connectivity index (χ3n) is 4.06. The molecule has 0 aliphatic heterocycles. The van der Waals surface area contributed by atoms with Gasteiger partial charge in [0.2, 0.25) is 0 Å². The number of aryl methyl sites for hydroxylation is 3. The SMILES string of the molecule is Cc1cc(CCCCCCCCCc2ccccc2)co1. The van der Waals surface area contributed by atoms with Crippen LogP contribution in [0.2, 0.25) is 0 Å². The van der Waals surface area contributed by atoms with E-state index < -0.39 is 0 Å². The molecule has 1 heterocycles. The van der Waals surface area contributed by atoms with Crippen molar-refractivity contribution >= 4 is 0 Å². The Balaban J connectivity index is 1.40. The second-order valence-corrected chi connectivity index (χ2v) is 6.03. The zero-order valence-corrected chi connectivity index (χ0v) is 13.3. The Labute approximate surface area is 129 Å². The second-order valence-electron chi connectivity index (χ2n) is 6.03. The van der Waals surface area contributed by atoms with E-state index in [0.29, 0.717) is 0 Å². The van der Waals surface area contributed by atoms with Gasteiger partial charge in [0.15, 0.2) is 0 Å². The van der Waals surface area contributed by atoms with Gasteiger partial charge in [-0.2, -0.15) is 0 Å². The molecule has 21 heavy (non-hydrogen) atoms. The van der Waals surface area contributed by atoms with Crippen molar-refractivity contribution in [2.75, 3.05) is 0 Å². The number of furan rings is 1. The standard InChI is InChI=1S/C20H28O/c1-18-16-20(17-21-18)15-9-6-4-2-3-5-8-12-19-13-10-7-11-14-19/h7,10-11,13-14,16-17H,2-6,8-9,12,15H2,1H3. The van der Waals surface area contributed by atoms with Gasteiger partial charge in [-0.05, 0) is 49.8 Å². The monoisotopic (exact) mass is 284 g/mol. The summed E-state index contributed by atoms with van der Waals surface area (Å²) >= 11 is 0. The zero-order chi connectivity index (χ0) is 14.8. The molecule has 0 unspecified atom stereocenters. The van der Waals surface area contributed by atoms with Crippen molar-refractivity contribution in [3.8, 4) is 0 Å². The highest BCUT2D eigenvalue weighted by Crippen LogP contribution is 2.13. The second kappa shape index (κ2) is 9.44. The fraction of sp³-hybridized carbons (Fsp3) is 0.500. The smallest absolute Gasteiger partial charge is 0.100 e. The summed E-state index contributed by atoms with van der Waals surface area (Å²) in [4.78, 5) is 0. The molecule has 1 nitrogen and oxygen atoms in total. The number of unbranched alkanes of at least 4 members (excludes halogenated alkanes) is 6. The maximum atomic E-state index is 5.32. The summed E-state index contributed by atoms with van der Waals surface area (Å²) in [6.07, 6.45) is 13.8. The summed E-state index contributed by atoms with van der Waals surface area (Å²) in [5, 5.41) is 0. The van der Waals surface area contributed by atoms with Gasteiger partial charge in [0.1, 0.15) is 5.76 Å². The molecule has 0 saturated carbocycles. The van der Waals surface area contributed by atoms with Crippen LogP contribution in [0.3, 0.4) is 0 Å². The van der Waals surface area contributed by atoms with Crippen LogP contribution in [0.25, 0.3) is 0 Å². The van der Waals surface area contributed by atoms with E-state index in [1.807, 2.05) is 13.2 Å². The predicted octanol–water partition coefficient (Wildman–Crippen LogP) is 6.10. The lowest BCUT2D eigenvalue weighted by molar-refractivity contribution is 0.529. The normalized spacial score (nSPS) is 10.9. The summed E-state index contributed by atoms with van der Waals surface area (Å²) < 4.78 is 5.32. The topological polar surface area (TPSA) is 13.1 Å². The first-order valence-electron chi connectivity index (χ1n) is 8.42. The van der Waals surface area contributed by atoms with E-state index in [1.54, 1.807) is 0 Å². The Kier molecular flexibility index (Phi) is 7.14. The Morgan fingerprint density at radius 3 is 1.86 bits per heavy atom. The van der Waals surface area contributed by atoms with Gasteiger partial charge in [-0.1, -0.05) is 62.4 Å². The minimum absolute atomic E-state index is 1.03. The lowest BCUT2D eigenvalue weighted by Crippen LogP contribution is -1.87. The molecular formula is C20H28O. The van der Waals surface area contributed by atoms with Crippen molar-refractivity contribution in [1.29, 1.82) is 0 Å². The molecule has 2 aromatic rings. The molecule has 1 aromatic heterocycles. The lowest BCUT2D eigenvalue weighted by atomic mass is 10.0. The van der Waals surface area contributed by atoms with Crippen molar-refractivity contribution < 1.29 is 4.42 Å². The van der Waals surface area contributed by atoms with Crippen LogP contribution >= 0.6 is 0 Å². The fourth-order valence-corrected chi connectivity index (χ4v) is 2.82. The molecule has 0 radical (unpaired) electrons. The molecule has 2 rings (SSSR count). The highest BCUT2D eigenvalue weighted by atomic mass is 16.3. The number of benzene rings is 1. The van der Waals surface area contributed by atoms with Crippen LogP contribution in [0.1, 0.15) is 61.8 Å². The summed E-state index contributed by atoms with van der Waals surface area (Å²) in [6.45, 7) is 2.01. The molecule has 0 amide bonds. The Bertz CT molecular complexity index is 484. The Morgan fingerprint density at radius 1 is 0.714 bits per heavy atom. The minimum Gasteiger partial charge on any atom is -0.469 e. The van der Waals surface area contributed by atoms with E-state index in [2.05, 4.69) is 36.4 Å². The van der Waals surface area contributed by atoms with Gasteiger partial charge in [-0.15, -0.1) is 0 Å². The number of hydrogen-bond acceptors (Lipinski definition) is 1. The molecule has 0 fully saturated rings. The molecule has 0 atom stereocenters. The van der Waals surface area contributed by atoms with Crippen molar-refractivity contribution in [3.05, 3.63) is 59.5 Å². The van der Waals surface area contributed by atoms with Crippen molar-refractivity contribution in [2.24, 2.45) is 0 Å². The molecule has 0 spiro atoms. The first-order chi connectivity index (χ1) is 10.3. The highest BCUT2D eigenvalue weighted by molar-refractivity contribution is 5.14. The van der Waals surface area contributed by atoms with Crippen LogP contribution in [-0.4, -0.2) is 0 Å². The van der Waals surface area contributed by atoms with Crippen LogP contribution in [0, 0.1) is 6.92 Å². The molecule has 1 aromatic carbocycles. The maximum Gasteiger partial charge on any atom is 0.100 e. The largest absolute Gasteiger partial charge is 0.469 e. The van der Waals surface area contributed by atoms with E-state index in [0.717, 1.165) is 5.76 Å². The minimum atomic E-state index is 1.03. The van der Waals surface area contributed by atoms with Gasteiger partial charge < -0.3 is 4.42 Å². The Hall–Kier alpha value is -1.50. The lowest BCUT2D eigenvalue weighted by Gasteiger charge is -2.02. The van der Waals surface area contributed by atoms with Crippen molar-refractivity contribution in [2.45, 2.75) is 64.7 Å². The van der Waals surface area contributed by atoms with E-state index in [-0.39, 0.29) is 0 Å². The van der Waals surface area contributed by atoms with Crippen LogP contribution < -0.4 is 0 Å². The fourth-order valence-electron chi connectivity index (χ4n) is 2.82. The Morgan fingerprint density at radius 2 is 1.29 bits per heavy atom. The molecule has 114 valence electrons. The van der Waals surface area contributed by atoms with Gasteiger partial charge in [0.25, 0.3) is 0 Å². The highest BCUT2D eigenvalue weighted by Gasteiger charge is 1.98. The van der Waals surface area contributed by atoms with Crippen molar-refractivity contribution in [3.63, 3.8) is 0 Å². The van der Waals surface area contributed by atoms with Crippen molar-refractivity contribution in [1.82, 2.24) is 0 Å². The quantitative estimate of drug-likeness (QED) is 0.480. The maximum absolute atomic E-state index is 5.32. The van der Waals surface area contributed by atoms with Gasteiger partial charge >= 0.3 is 0 Å². The van der Waals surface area contributed by atoms with Gasteiger partial charge in [-0.25, -0.2) is 0 Å². The van der Waals surface area contributed by atoms with E-state index in [9.17, 15) is 0 Å². The average Bonchev–Trinajstić information content (AvgIpc) is 2.92. The zero-order valence-electron chi connectivity index (χ0n) is 13.3. The van der Waals surface area contributed by atoms with Gasteiger partial charge in [0, 0.05) is 0 Å². The predicted molar refractivity (Wildman–Crippen MR) is 89.6 cm³/mol. The summed E-state index contributed by atoms with van der Waals surface area (Å²) in [7, 11) is 0. The molecule has 0 aliphatic rings. The van der Waals surface area contributed by atoms with E-state index in [1.165, 1.54) is 68.9 Å². The van der Waals surface area contributed by atoms with Gasteiger partial charge in [0.05, 0.1) is 6.26 Å².